The lowest BCUT2D eigenvalue weighted by Crippen LogP contribution is -2.12. The molecule has 0 bridgehead atoms. The number of anilines is 1. The first-order chi connectivity index (χ1) is 13.2. The number of para-hydroxylation sites is 3. The molecule has 1 amide bonds. The van der Waals surface area contributed by atoms with Crippen molar-refractivity contribution in [2.45, 2.75) is 0 Å². The van der Waals surface area contributed by atoms with Crippen LogP contribution >= 0.6 is 0 Å². The van der Waals surface area contributed by atoms with Crippen LogP contribution in [0.15, 0.2) is 78.9 Å². The topological polar surface area (TPSA) is 63.4 Å². The highest BCUT2D eigenvalue weighted by molar-refractivity contribution is 6.05. The summed E-state index contributed by atoms with van der Waals surface area (Å²) in [6, 6.07) is 24.2. The summed E-state index contributed by atoms with van der Waals surface area (Å²) < 4.78 is 11.1. The number of hydrogen-bond acceptors (Lipinski definition) is 3. The summed E-state index contributed by atoms with van der Waals surface area (Å²) in [5, 5.41) is 3.89. The highest BCUT2D eigenvalue weighted by Crippen LogP contribution is 2.31. The number of ether oxygens (including phenoxy) is 2. The van der Waals surface area contributed by atoms with Gasteiger partial charge in [-0.05, 0) is 48.5 Å². The lowest BCUT2D eigenvalue weighted by molar-refractivity contribution is 0.102. The fourth-order valence-corrected chi connectivity index (χ4v) is 2.83. The average Bonchev–Trinajstić information content (AvgIpc) is 3.14. The van der Waals surface area contributed by atoms with Crippen molar-refractivity contribution in [2.75, 3.05) is 12.4 Å². The molecule has 0 radical (unpaired) electrons. The zero-order valence-corrected chi connectivity index (χ0v) is 14.7. The summed E-state index contributed by atoms with van der Waals surface area (Å²) >= 11 is 0. The van der Waals surface area contributed by atoms with E-state index in [1.54, 1.807) is 31.4 Å². The minimum absolute atomic E-state index is 0.190. The van der Waals surface area contributed by atoms with Crippen LogP contribution < -0.4 is 14.8 Å². The second-order valence-corrected chi connectivity index (χ2v) is 6.00. The van der Waals surface area contributed by atoms with Gasteiger partial charge in [0.25, 0.3) is 5.91 Å². The molecular formula is C22H18N2O3. The fraction of sp³-hybridized carbons (Fsp3) is 0.0455. The number of benzene rings is 3. The number of nitrogens with one attached hydrogen (secondary N) is 2. The Hall–Kier alpha value is -3.73. The Bertz CT molecular complexity index is 1050. The molecule has 0 spiro atoms. The predicted octanol–water partition coefficient (Wildman–Crippen LogP) is 5.22. The Morgan fingerprint density at radius 1 is 0.889 bits per heavy atom. The third kappa shape index (κ3) is 3.62. The van der Waals surface area contributed by atoms with Crippen molar-refractivity contribution in [3.63, 3.8) is 0 Å². The molecule has 134 valence electrons. The first-order valence-corrected chi connectivity index (χ1v) is 8.53. The molecule has 1 heterocycles. The first-order valence-electron chi connectivity index (χ1n) is 8.53. The van der Waals surface area contributed by atoms with Crippen LogP contribution in [0.2, 0.25) is 0 Å². The van der Waals surface area contributed by atoms with E-state index in [4.69, 9.17) is 9.47 Å². The van der Waals surface area contributed by atoms with Crippen LogP contribution in [0.3, 0.4) is 0 Å². The van der Waals surface area contributed by atoms with E-state index in [9.17, 15) is 4.79 Å². The summed E-state index contributed by atoms with van der Waals surface area (Å²) in [5.74, 6) is 1.76. The second-order valence-electron chi connectivity index (χ2n) is 6.00. The molecule has 0 saturated heterocycles. The largest absolute Gasteiger partial charge is 0.493 e. The maximum atomic E-state index is 12.5. The van der Waals surface area contributed by atoms with E-state index in [-0.39, 0.29) is 5.91 Å². The minimum Gasteiger partial charge on any atom is -0.493 e. The van der Waals surface area contributed by atoms with Crippen molar-refractivity contribution in [1.82, 2.24) is 4.98 Å². The number of methoxy groups -OCH3 is 1. The van der Waals surface area contributed by atoms with Gasteiger partial charge in [0.2, 0.25) is 0 Å². The molecule has 1 aromatic heterocycles. The minimum atomic E-state index is -0.190. The van der Waals surface area contributed by atoms with Gasteiger partial charge in [-0.2, -0.15) is 0 Å². The molecule has 0 aliphatic heterocycles. The van der Waals surface area contributed by atoms with Gasteiger partial charge < -0.3 is 19.8 Å². The van der Waals surface area contributed by atoms with Crippen molar-refractivity contribution in [3.05, 3.63) is 84.6 Å². The van der Waals surface area contributed by atoms with Crippen LogP contribution in [0.5, 0.6) is 17.2 Å². The number of hydrogen-bond donors (Lipinski definition) is 2. The van der Waals surface area contributed by atoms with E-state index in [1.807, 2.05) is 54.6 Å². The number of carbonyl (C=O) groups is 1. The van der Waals surface area contributed by atoms with Gasteiger partial charge in [0.15, 0.2) is 11.5 Å². The summed E-state index contributed by atoms with van der Waals surface area (Å²) in [4.78, 5) is 15.6. The zero-order chi connectivity index (χ0) is 18.6. The number of H-pyrrole nitrogens is 1. The molecule has 0 aliphatic rings. The Morgan fingerprint density at radius 3 is 2.33 bits per heavy atom. The van der Waals surface area contributed by atoms with E-state index in [0.29, 0.717) is 28.6 Å². The number of fused-ring (bicyclic) bond motifs is 1. The molecule has 4 rings (SSSR count). The summed E-state index contributed by atoms with van der Waals surface area (Å²) in [5.41, 5.74) is 2.14. The lowest BCUT2D eigenvalue weighted by atomic mass is 10.2. The summed E-state index contributed by atoms with van der Waals surface area (Å²) in [6.45, 7) is 0. The molecule has 0 aliphatic carbocycles. The Balaban J connectivity index is 1.46. The quantitative estimate of drug-likeness (QED) is 0.514. The van der Waals surface area contributed by atoms with Crippen LogP contribution in [0.25, 0.3) is 10.9 Å². The third-order valence-electron chi connectivity index (χ3n) is 4.18. The van der Waals surface area contributed by atoms with E-state index >= 15 is 0 Å². The van der Waals surface area contributed by atoms with Gasteiger partial charge in [-0.15, -0.1) is 0 Å². The lowest BCUT2D eigenvalue weighted by Gasteiger charge is -2.10. The smallest absolute Gasteiger partial charge is 0.272 e. The standard InChI is InChI=1S/C22H18N2O3/c1-26-20-8-4-5-9-21(20)27-17-12-10-16(11-13-17)23-22(25)19-14-15-6-2-3-7-18(15)24-19/h2-14,24H,1H3,(H,23,25). The van der Waals surface area contributed by atoms with Crippen LogP contribution in [0.1, 0.15) is 10.5 Å². The molecule has 0 unspecified atom stereocenters. The number of carbonyl (C=O) groups excluding carboxylic acids is 1. The van der Waals surface area contributed by atoms with E-state index in [2.05, 4.69) is 10.3 Å². The maximum absolute atomic E-state index is 12.5. The third-order valence-corrected chi connectivity index (χ3v) is 4.18. The zero-order valence-electron chi connectivity index (χ0n) is 14.7. The molecule has 5 nitrogen and oxygen atoms in total. The number of amides is 1. The highest BCUT2D eigenvalue weighted by Gasteiger charge is 2.10. The Morgan fingerprint density at radius 2 is 1.59 bits per heavy atom. The van der Waals surface area contributed by atoms with Crippen LogP contribution in [0, 0.1) is 0 Å². The van der Waals surface area contributed by atoms with Crippen molar-refractivity contribution < 1.29 is 14.3 Å². The number of aromatic nitrogens is 1. The molecule has 27 heavy (non-hydrogen) atoms. The predicted molar refractivity (Wildman–Crippen MR) is 106 cm³/mol. The fourth-order valence-electron chi connectivity index (χ4n) is 2.83. The molecule has 5 heteroatoms. The molecule has 4 aromatic rings. The molecule has 0 saturated carbocycles. The molecule has 0 fully saturated rings. The normalized spacial score (nSPS) is 10.6. The molecular weight excluding hydrogens is 340 g/mol. The van der Waals surface area contributed by atoms with E-state index in [0.717, 1.165) is 10.9 Å². The van der Waals surface area contributed by atoms with Crippen molar-refractivity contribution >= 4 is 22.5 Å². The number of aromatic amines is 1. The molecule has 0 atom stereocenters. The maximum Gasteiger partial charge on any atom is 0.272 e. The monoisotopic (exact) mass is 358 g/mol. The number of rotatable bonds is 5. The van der Waals surface area contributed by atoms with Gasteiger partial charge in [-0.25, -0.2) is 0 Å². The van der Waals surface area contributed by atoms with Crippen LogP contribution in [-0.2, 0) is 0 Å². The van der Waals surface area contributed by atoms with Gasteiger partial charge in [0.1, 0.15) is 11.4 Å². The molecule has 2 N–H and O–H groups in total. The summed E-state index contributed by atoms with van der Waals surface area (Å²) in [6.07, 6.45) is 0. The van der Waals surface area contributed by atoms with Crippen molar-refractivity contribution in [3.8, 4) is 17.2 Å². The van der Waals surface area contributed by atoms with Gasteiger partial charge in [0, 0.05) is 16.6 Å². The SMILES string of the molecule is COc1ccccc1Oc1ccc(NC(=O)c2cc3ccccc3[nH]2)cc1. The second kappa shape index (κ2) is 7.25. The van der Waals surface area contributed by atoms with Crippen LogP contribution in [0.4, 0.5) is 5.69 Å². The summed E-state index contributed by atoms with van der Waals surface area (Å²) in [7, 11) is 1.60. The average molecular weight is 358 g/mol. The highest BCUT2D eigenvalue weighted by atomic mass is 16.5. The van der Waals surface area contributed by atoms with Gasteiger partial charge in [-0.3, -0.25) is 4.79 Å². The van der Waals surface area contributed by atoms with E-state index in [1.165, 1.54) is 0 Å². The van der Waals surface area contributed by atoms with Gasteiger partial charge in [-0.1, -0.05) is 30.3 Å². The van der Waals surface area contributed by atoms with Crippen molar-refractivity contribution in [1.29, 1.82) is 0 Å². The van der Waals surface area contributed by atoms with Crippen molar-refractivity contribution in [2.24, 2.45) is 0 Å². The van der Waals surface area contributed by atoms with E-state index < -0.39 is 0 Å². The first kappa shape index (κ1) is 16.7. The van der Waals surface area contributed by atoms with Gasteiger partial charge >= 0.3 is 0 Å². The van der Waals surface area contributed by atoms with Gasteiger partial charge in [0.05, 0.1) is 7.11 Å². The van der Waals surface area contributed by atoms with Crippen LogP contribution in [-0.4, -0.2) is 18.0 Å². The Kier molecular flexibility index (Phi) is 4.49. The Labute approximate surface area is 156 Å². The molecule has 3 aromatic carbocycles.